The first-order valence-corrected chi connectivity index (χ1v) is 11.1. The van der Waals surface area contributed by atoms with Gasteiger partial charge in [-0.15, -0.1) is 11.3 Å². The third-order valence-electron chi connectivity index (χ3n) is 6.21. The molecule has 30 heavy (non-hydrogen) atoms. The molecule has 2 saturated heterocycles. The van der Waals surface area contributed by atoms with Crippen LogP contribution in [0.3, 0.4) is 0 Å². The fourth-order valence-corrected chi connectivity index (χ4v) is 5.52. The largest absolute Gasteiger partial charge is 0.326 e. The van der Waals surface area contributed by atoms with E-state index in [9.17, 15) is 9.59 Å². The number of aromatic nitrogens is 1. The number of para-hydroxylation sites is 1. The van der Waals surface area contributed by atoms with Crippen LogP contribution in [0.5, 0.6) is 0 Å². The average molecular weight is 421 g/mol. The van der Waals surface area contributed by atoms with Crippen LogP contribution in [0.25, 0.3) is 10.2 Å². The van der Waals surface area contributed by atoms with Gasteiger partial charge in [-0.1, -0.05) is 42.5 Å². The summed E-state index contributed by atoms with van der Waals surface area (Å²) < 4.78 is 1.23. The van der Waals surface area contributed by atoms with Crippen LogP contribution in [0.1, 0.15) is 36.3 Å². The number of hydrogen-bond donors (Lipinski definition) is 1. The third-order valence-corrected chi connectivity index (χ3v) is 7.41. The van der Waals surface area contributed by atoms with Crippen molar-refractivity contribution in [1.29, 1.82) is 0 Å². The molecule has 0 saturated carbocycles. The highest BCUT2D eigenvalue weighted by molar-refractivity contribution is 7.18. The zero-order valence-electron chi connectivity index (χ0n) is 16.9. The van der Waals surface area contributed by atoms with Crippen molar-refractivity contribution >= 4 is 33.5 Å². The van der Waals surface area contributed by atoms with Crippen molar-refractivity contribution in [2.75, 3.05) is 19.8 Å². The maximum absolute atomic E-state index is 13.1. The molecule has 1 N–H and O–H groups in total. The summed E-state index contributed by atoms with van der Waals surface area (Å²) in [7, 11) is 0. The van der Waals surface area contributed by atoms with E-state index in [0.717, 1.165) is 37.0 Å². The number of benzene rings is 2. The van der Waals surface area contributed by atoms with Crippen molar-refractivity contribution in [3.05, 3.63) is 65.2 Å². The second-order valence-corrected chi connectivity index (χ2v) is 9.27. The van der Waals surface area contributed by atoms with Gasteiger partial charge in [-0.2, -0.15) is 0 Å². The molecule has 5 rings (SSSR count). The predicted molar refractivity (Wildman–Crippen MR) is 117 cm³/mol. The molecule has 0 aliphatic carbocycles. The number of piperidine rings is 1. The summed E-state index contributed by atoms with van der Waals surface area (Å²) in [6.45, 7) is 3.81. The Labute approximate surface area is 179 Å². The molecular weight excluding hydrogens is 396 g/mol. The standard InChI is InChI=1S/C23H24N4O2S/c1-23(17-7-3-2-4-8-17)21(28)27(22(29)25-23)15-26-13-11-16(12-14-26)20-24-18-9-5-6-10-19(18)30-20/h2-10,16H,11-15H2,1H3,(H,25,29)/t23-/m1/s1. The molecule has 154 valence electrons. The Morgan fingerprint density at radius 1 is 1.07 bits per heavy atom. The van der Waals surface area contributed by atoms with E-state index < -0.39 is 5.54 Å². The first-order chi connectivity index (χ1) is 14.5. The van der Waals surface area contributed by atoms with Crippen molar-refractivity contribution < 1.29 is 9.59 Å². The number of carbonyl (C=O) groups is 2. The van der Waals surface area contributed by atoms with Gasteiger partial charge in [-0.25, -0.2) is 14.7 Å². The van der Waals surface area contributed by atoms with E-state index in [1.54, 1.807) is 18.3 Å². The highest BCUT2D eigenvalue weighted by Gasteiger charge is 2.49. The quantitative estimate of drug-likeness (QED) is 0.650. The number of rotatable bonds is 4. The number of fused-ring (bicyclic) bond motifs is 1. The smallest absolute Gasteiger partial charge is 0.319 e. The van der Waals surface area contributed by atoms with Gasteiger partial charge in [0.25, 0.3) is 5.91 Å². The molecule has 3 amide bonds. The fourth-order valence-electron chi connectivity index (χ4n) is 4.38. The topological polar surface area (TPSA) is 65.5 Å². The number of urea groups is 1. The molecule has 0 radical (unpaired) electrons. The number of imide groups is 1. The summed E-state index contributed by atoms with van der Waals surface area (Å²) >= 11 is 1.78. The zero-order chi connectivity index (χ0) is 20.7. The number of hydrogen-bond acceptors (Lipinski definition) is 5. The van der Waals surface area contributed by atoms with Crippen LogP contribution >= 0.6 is 11.3 Å². The van der Waals surface area contributed by atoms with Crippen LogP contribution in [0.15, 0.2) is 54.6 Å². The number of likely N-dealkylation sites (tertiary alicyclic amines) is 1. The lowest BCUT2D eigenvalue weighted by atomic mass is 9.92. The van der Waals surface area contributed by atoms with E-state index in [1.807, 2.05) is 42.5 Å². The van der Waals surface area contributed by atoms with Crippen molar-refractivity contribution in [2.24, 2.45) is 0 Å². The van der Waals surface area contributed by atoms with Crippen molar-refractivity contribution in [3.8, 4) is 0 Å². The Hall–Kier alpha value is -2.77. The maximum atomic E-state index is 13.1. The Morgan fingerprint density at radius 2 is 1.77 bits per heavy atom. The second-order valence-electron chi connectivity index (χ2n) is 8.21. The summed E-state index contributed by atoms with van der Waals surface area (Å²) in [4.78, 5) is 34.1. The Balaban J connectivity index is 1.24. The Morgan fingerprint density at radius 3 is 2.50 bits per heavy atom. The van der Waals surface area contributed by atoms with Gasteiger partial charge in [0.2, 0.25) is 0 Å². The summed E-state index contributed by atoms with van der Waals surface area (Å²) in [5.74, 6) is 0.253. The lowest BCUT2D eigenvalue weighted by Crippen LogP contribution is -2.46. The molecular formula is C23H24N4O2S. The molecule has 3 heterocycles. The number of nitrogens with one attached hydrogen (secondary N) is 1. The van der Waals surface area contributed by atoms with Crippen LogP contribution in [0.4, 0.5) is 4.79 Å². The number of nitrogens with zero attached hydrogens (tertiary/aromatic N) is 3. The average Bonchev–Trinajstić information content (AvgIpc) is 3.30. The molecule has 1 atom stereocenters. The lowest BCUT2D eigenvalue weighted by Gasteiger charge is -2.33. The molecule has 2 aromatic carbocycles. The van der Waals surface area contributed by atoms with Gasteiger partial charge in [-0.05, 0) is 37.5 Å². The van der Waals surface area contributed by atoms with E-state index in [4.69, 9.17) is 4.98 Å². The Kier molecular flexibility index (Phi) is 4.79. The number of thiazole rings is 1. The minimum Gasteiger partial charge on any atom is -0.319 e. The van der Waals surface area contributed by atoms with Gasteiger partial charge in [0.05, 0.1) is 21.9 Å². The summed E-state index contributed by atoms with van der Waals surface area (Å²) in [5, 5.41) is 4.08. The van der Waals surface area contributed by atoms with Crippen molar-refractivity contribution in [2.45, 2.75) is 31.2 Å². The molecule has 0 bridgehead atoms. The molecule has 0 unspecified atom stereocenters. The SMILES string of the molecule is C[C@]1(c2ccccc2)NC(=O)N(CN2CCC(c3nc4ccccc4s3)CC2)C1=O. The van der Waals surface area contributed by atoms with Gasteiger partial charge >= 0.3 is 6.03 Å². The monoisotopic (exact) mass is 420 g/mol. The maximum Gasteiger partial charge on any atom is 0.326 e. The highest BCUT2D eigenvalue weighted by Crippen LogP contribution is 2.34. The van der Waals surface area contributed by atoms with Gasteiger partial charge in [0, 0.05) is 19.0 Å². The van der Waals surface area contributed by atoms with Crippen LogP contribution in [0.2, 0.25) is 0 Å². The Bertz CT molecular complexity index is 1060. The van der Waals surface area contributed by atoms with Crippen LogP contribution in [0, 0.1) is 0 Å². The molecule has 2 aliphatic heterocycles. The van der Waals surface area contributed by atoms with Crippen molar-refractivity contribution in [1.82, 2.24) is 20.1 Å². The van der Waals surface area contributed by atoms with E-state index in [1.165, 1.54) is 14.6 Å². The predicted octanol–water partition coefficient (Wildman–Crippen LogP) is 3.90. The van der Waals surface area contributed by atoms with Crippen LogP contribution in [-0.2, 0) is 10.3 Å². The lowest BCUT2D eigenvalue weighted by molar-refractivity contribution is -0.132. The minimum absolute atomic E-state index is 0.188. The molecule has 2 aliphatic rings. The molecule has 1 aromatic heterocycles. The minimum atomic E-state index is -1.00. The third kappa shape index (κ3) is 3.28. The van der Waals surface area contributed by atoms with Crippen molar-refractivity contribution in [3.63, 3.8) is 0 Å². The van der Waals surface area contributed by atoms with Crippen LogP contribution in [-0.4, -0.2) is 46.5 Å². The van der Waals surface area contributed by atoms with E-state index in [2.05, 4.69) is 22.3 Å². The molecule has 0 spiro atoms. The first kappa shape index (κ1) is 19.2. The number of carbonyl (C=O) groups excluding carboxylic acids is 2. The van der Waals surface area contributed by atoms with Gasteiger partial charge in [0.15, 0.2) is 0 Å². The van der Waals surface area contributed by atoms with E-state index >= 15 is 0 Å². The normalized spacial score (nSPS) is 23.3. The zero-order valence-corrected chi connectivity index (χ0v) is 17.7. The van der Waals surface area contributed by atoms with E-state index in [-0.39, 0.29) is 11.9 Å². The summed E-state index contributed by atoms with van der Waals surface area (Å²) in [6, 6.07) is 17.4. The van der Waals surface area contributed by atoms with Gasteiger partial charge in [0.1, 0.15) is 5.54 Å². The molecule has 3 aromatic rings. The highest BCUT2D eigenvalue weighted by atomic mass is 32.1. The molecule has 7 heteroatoms. The second kappa shape index (κ2) is 7.49. The first-order valence-electron chi connectivity index (χ1n) is 10.3. The number of amides is 3. The molecule has 6 nitrogen and oxygen atoms in total. The summed E-state index contributed by atoms with van der Waals surface area (Å²) in [5.41, 5.74) is 0.873. The van der Waals surface area contributed by atoms with Gasteiger partial charge in [-0.3, -0.25) is 9.69 Å². The molecule has 2 fully saturated rings. The fraction of sp³-hybridized carbons (Fsp3) is 0.348. The van der Waals surface area contributed by atoms with Crippen LogP contribution < -0.4 is 5.32 Å². The van der Waals surface area contributed by atoms with Gasteiger partial charge < -0.3 is 5.32 Å². The van der Waals surface area contributed by atoms with E-state index in [0.29, 0.717) is 12.6 Å². The summed E-state index contributed by atoms with van der Waals surface area (Å²) in [6.07, 6.45) is 1.97.